The van der Waals surface area contributed by atoms with E-state index in [1.165, 1.54) is 24.9 Å². The van der Waals surface area contributed by atoms with E-state index in [1.807, 2.05) is 12.1 Å². The first kappa shape index (κ1) is 18.7. The van der Waals surface area contributed by atoms with Crippen molar-refractivity contribution >= 4 is 0 Å². The molecule has 1 aromatic carbocycles. The van der Waals surface area contributed by atoms with Gasteiger partial charge in [-0.15, -0.1) is 0 Å². The summed E-state index contributed by atoms with van der Waals surface area (Å²) in [7, 11) is 0. The summed E-state index contributed by atoms with van der Waals surface area (Å²) >= 11 is 0. The molecule has 3 rings (SSSR count). The molecular weight excluding hydrogens is 312 g/mol. The van der Waals surface area contributed by atoms with Crippen LogP contribution in [-0.2, 0) is 5.41 Å². The van der Waals surface area contributed by atoms with Crippen LogP contribution in [0.25, 0.3) is 0 Å². The Balaban J connectivity index is 1.36. The van der Waals surface area contributed by atoms with Gasteiger partial charge in [0.05, 0.1) is 0 Å². The third-order valence-electron chi connectivity index (χ3n) is 5.31. The molecule has 140 valence electrons. The van der Waals surface area contributed by atoms with Gasteiger partial charge in [0.25, 0.3) is 0 Å². The third-order valence-corrected chi connectivity index (χ3v) is 5.31. The molecule has 0 amide bonds. The van der Waals surface area contributed by atoms with Gasteiger partial charge in [-0.3, -0.25) is 4.90 Å². The molecule has 0 spiro atoms. The van der Waals surface area contributed by atoms with Gasteiger partial charge in [-0.05, 0) is 41.9 Å². The quantitative estimate of drug-likeness (QED) is 0.823. The van der Waals surface area contributed by atoms with E-state index in [1.54, 1.807) is 0 Å². The van der Waals surface area contributed by atoms with Gasteiger partial charge in [0.15, 0.2) is 0 Å². The van der Waals surface area contributed by atoms with Crippen LogP contribution in [-0.4, -0.2) is 66.9 Å². The van der Waals surface area contributed by atoms with Crippen LogP contribution in [0.2, 0.25) is 0 Å². The maximum Gasteiger partial charge on any atom is 0.119 e. The lowest BCUT2D eigenvalue weighted by Gasteiger charge is -2.35. The van der Waals surface area contributed by atoms with Gasteiger partial charge in [0.1, 0.15) is 18.5 Å². The SMILES string of the molecule is CC(C)(C)c1ccc(OCC(O)CN2CCN(CC3CC3)CC2)cc1. The Morgan fingerprint density at radius 3 is 2.20 bits per heavy atom. The van der Waals surface area contributed by atoms with Gasteiger partial charge < -0.3 is 14.7 Å². The van der Waals surface area contributed by atoms with E-state index in [0.717, 1.165) is 37.8 Å². The molecule has 1 saturated carbocycles. The van der Waals surface area contributed by atoms with E-state index in [0.29, 0.717) is 13.2 Å². The van der Waals surface area contributed by atoms with Crippen molar-refractivity contribution in [2.24, 2.45) is 5.92 Å². The zero-order valence-electron chi connectivity index (χ0n) is 16.1. The average molecular weight is 347 g/mol. The van der Waals surface area contributed by atoms with E-state index in [9.17, 15) is 5.11 Å². The number of nitrogens with zero attached hydrogens (tertiary/aromatic N) is 2. The largest absolute Gasteiger partial charge is 0.491 e. The first-order valence-corrected chi connectivity index (χ1v) is 9.76. The van der Waals surface area contributed by atoms with Crippen LogP contribution in [0.5, 0.6) is 5.75 Å². The summed E-state index contributed by atoms with van der Waals surface area (Å²) in [4.78, 5) is 4.94. The fourth-order valence-electron chi connectivity index (χ4n) is 3.41. The highest BCUT2D eigenvalue weighted by molar-refractivity contribution is 5.31. The number of β-amino-alcohol motifs (C(OH)–C–C–N with tert-alkyl or cyclic N) is 1. The predicted octanol–water partition coefficient (Wildman–Crippen LogP) is 2.75. The standard InChI is InChI=1S/C21H34N2O2/c1-21(2,3)18-6-8-20(9-7-18)25-16-19(24)15-23-12-10-22(11-13-23)14-17-4-5-17/h6-9,17,19,24H,4-5,10-16H2,1-3H3. The normalized spacial score (nSPS) is 21.3. The molecule has 4 heteroatoms. The van der Waals surface area contributed by atoms with E-state index in [2.05, 4.69) is 42.7 Å². The zero-order chi connectivity index (χ0) is 17.9. The van der Waals surface area contributed by atoms with E-state index >= 15 is 0 Å². The second-order valence-electron chi connectivity index (χ2n) is 8.78. The number of piperazine rings is 1. The summed E-state index contributed by atoms with van der Waals surface area (Å²) in [5, 5.41) is 10.3. The minimum atomic E-state index is -0.433. The van der Waals surface area contributed by atoms with E-state index in [-0.39, 0.29) is 5.41 Å². The predicted molar refractivity (Wildman–Crippen MR) is 102 cm³/mol. The summed E-state index contributed by atoms with van der Waals surface area (Å²) in [5.74, 6) is 1.80. The Bertz CT molecular complexity index is 526. The fourth-order valence-corrected chi connectivity index (χ4v) is 3.41. The van der Waals surface area contributed by atoms with Crippen LogP contribution in [0, 0.1) is 5.92 Å². The van der Waals surface area contributed by atoms with E-state index in [4.69, 9.17) is 4.74 Å². The van der Waals surface area contributed by atoms with Crippen molar-refractivity contribution in [1.82, 2.24) is 9.80 Å². The number of aliphatic hydroxyl groups is 1. The summed E-state index contributed by atoms with van der Waals surface area (Å²) < 4.78 is 5.77. The minimum absolute atomic E-state index is 0.152. The van der Waals surface area contributed by atoms with Crippen LogP contribution in [0.15, 0.2) is 24.3 Å². The molecular formula is C21H34N2O2. The van der Waals surface area contributed by atoms with Gasteiger partial charge in [0, 0.05) is 39.3 Å². The Morgan fingerprint density at radius 2 is 1.64 bits per heavy atom. The second kappa shape index (κ2) is 8.07. The number of hydrogen-bond acceptors (Lipinski definition) is 4. The summed E-state index contributed by atoms with van der Waals surface area (Å²) in [6, 6.07) is 8.23. The Labute approximate surface area is 152 Å². The highest BCUT2D eigenvalue weighted by Crippen LogP contribution is 2.30. The van der Waals surface area contributed by atoms with Crippen LogP contribution in [0.3, 0.4) is 0 Å². The van der Waals surface area contributed by atoms with Crippen molar-refractivity contribution in [1.29, 1.82) is 0 Å². The molecule has 2 aliphatic rings. The smallest absolute Gasteiger partial charge is 0.119 e. The molecule has 1 aliphatic carbocycles. The Hall–Kier alpha value is -1.10. The van der Waals surface area contributed by atoms with Crippen molar-refractivity contribution in [2.75, 3.05) is 45.9 Å². The van der Waals surface area contributed by atoms with Crippen molar-refractivity contribution in [3.05, 3.63) is 29.8 Å². The Kier molecular flexibility index (Phi) is 6.03. The molecule has 1 aromatic rings. The van der Waals surface area contributed by atoms with Crippen LogP contribution in [0.1, 0.15) is 39.2 Å². The third kappa shape index (κ3) is 5.98. The first-order valence-electron chi connectivity index (χ1n) is 9.76. The molecule has 2 fully saturated rings. The van der Waals surface area contributed by atoms with Gasteiger partial charge >= 0.3 is 0 Å². The molecule has 0 bridgehead atoms. The topological polar surface area (TPSA) is 35.9 Å². The molecule has 1 atom stereocenters. The van der Waals surface area contributed by atoms with Gasteiger partial charge in [0.2, 0.25) is 0 Å². The minimum Gasteiger partial charge on any atom is -0.491 e. The molecule has 1 heterocycles. The molecule has 0 radical (unpaired) electrons. The molecule has 0 aromatic heterocycles. The maximum atomic E-state index is 10.3. The summed E-state index contributed by atoms with van der Waals surface area (Å²) in [5.41, 5.74) is 1.45. The number of rotatable bonds is 7. The fraction of sp³-hybridized carbons (Fsp3) is 0.714. The average Bonchev–Trinajstić information content (AvgIpc) is 3.38. The second-order valence-corrected chi connectivity index (χ2v) is 8.78. The Morgan fingerprint density at radius 1 is 1.04 bits per heavy atom. The lowest BCUT2D eigenvalue weighted by atomic mass is 9.87. The maximum absolute atomic E-state index is 10.3. The van der Waals surface area contributed by atoms with Crippen LogP contribution >= 0.6 is 0 Å². The molecule has 4 nitrogen and oxygen atoms in total. The first-order chi connectivity index (χ1) is 11.9. The molecule has 1 saturated heterocycles. The highest BCUT2D eigenvalue weighted by atomic mass is 16.5. The summed E-state index contributed by atoms with van der Waals surface area (Å²) in [6.07, 6.45) is 2.41. The lowest BCUT2D eigenvalue weighted by molar-refractivity contribution is 0.0452. The van der Waals surface area contributed by atoms with Crippen molar-refractivity contribution < 1.29 is 9.84 Å². The van der Waals surface area contributed by atoms with E-state index < -0.39 is 6.10 Å². The highest BCUT2D eigenvalue weighted by Gasteiger charge is 2.26. The lowest BCUT2D eigenvalue weighted by Crippen LogP contribution is -2.49. The summed E-state index contributed by atoms with van der Waals surface area (Å²) in [6.45, 7) is 13.4. The molecule has 1 aliphatic heterocycles. The van der Waals surface area contributed by atoms with Gasteiger partial charge in [-0.1, -0.05) is 32.9 Å². The number of hydrogen-bond donors (Lipinski definition) is 1. The van der Waals surface area contributed by atoms with Crippen molar-refractivity contribution in [3.63, 3.8) is 0 Å². The van der Waals surface area contributed by atoms with Gasteiger partial charge in [-0.2, -0.15) is 0 Å². The monoisotopic (exact) mass is 346 g/mol. The molecule has 1 unspecified atom stereocenters. The molecule has 1 N–H and O–H groups in total. The number of benzene rings is 1. The number of ether oxygens (including phenoxy) is 1. The van der Waals surface area contributed by atoms with Crippen LogP contribution in [0.4, 0.5) is 0 Å². The number of aliphatic hydroxyl groups excluding tert-OH is 1. The molecule has 25 heavy (non-hydrogen) atoms. The van der Waals surface area contributed by atoms with Crippen molar-refractivity contribution in [3.8, 4) is 5.75 Å². The van der Waals surface area contributed by atoms with Crippen LogP contribution < -0.4 is 4.74 Å². The van der Waals surface area contributed by atoms with Gasteiger partial charge in [-0.25, -0.2) is 0 Å². The zero-order valence-corrected chi connectivity index (χ0v) is 16.1. The van der Waals surface area contributed by atoms with Crippen molar-refractivity contribution in [2.45, 2.75) is 45.1 Å².